The molecule has 0 fully saturated rings. The van der Waals surface area contributed by atoms with Crippen molar-refractivity contribution < 1.29 is 27.4 Å². The summed E-state index contributed by atoms with van der Waals surface area (Å²) in [5.74, 6) is 0. The molecule has 2 heteroatoms. The number of nitrogens with two attached hydrogens (primary N) is 1. The second-order valence-electron chi connectivity index (χ2n) is 1.33. The molecule has 0 heterocycles. The summed E-state index contributed by atoms with van der Waals surface area (Å²) in [7, 11) is 0. The standard InChI is InChI=1S/C9H22N2/c1-4-11(5-2)8-6-7-9(3)10/h9H,4-8,10H2,1-3H3/i1D3,2D3,3D3,4D2,5D2,6D2,7D2,8D2,9D. The maximum absolute atomic E-state index is 7.97. The van der Waals surface area contributed by atoms with E-state index in [0.717, 1.165) is 0 Å². The zero-order valence-corrected chi connectivity index (χ0v) is 5.52. The number of nitrogens with zero attached hydrogens (tertiary/aromatic N) is 1. The van der Waals surface area contributed by atoms with E-state index in [2.05, 4.69) is 0 Å². The van der Waals surface area contributed by atoms with E-state index in [1.165, 1.54) is 0 Å². The first-order valence-corrected chi connectivity index (χ1v) is 2.46. The summed E-state index contributed by atoms with van der Waals surface area (Å²) >= 11 is 0. The molecule has 0 saturated heterocycles. The predicted molar refractivity (Wildman–Crippen MR) is 50.7 cm³/mol. The summed E-state index contributed by atoms with van der Waals surface area (Å²) in [6.45, 7) is -24.8. The molecule has 0 aromatic heterocycles. The van der Waals surface area contributed by atoms with Crippen molar-refractivity contribution in [1.82, 2.24) is 4.90 Å². The molecule has 0 aromatic carbocycles. The molecule has 0 bridgehead atoms. The van der Waals surface area contributed by atoms with Crippen molar-refractivity contribution in [3.8, 4) is 0 Å². The third-order valence-electron chi connectivity index (χ3n) is 0.588. The van der Waals surface area contributed by atoms with Crippen molar-refractivity contribution in [2.75, 3.05) is 19.5 Å². The van der Waals surface area contributed by atoms with Gasteiger partial charge in [-0.15, -0.1) is 0 Å². The van der Waals surface area contributed by atoms with E-state index in [1.807, 2.05) is 0 Å². The van der Waals surface area contributed by atoms with Crippen LogP contribution in [0.4, 0.5) is 0 Å². The summed E-state index contributed by atoms with van der Waals surface area (Å²) in [5, 5.41) is 0. The lowest BCUT2D eigenvalue weighted by molar-refractivity contribution is 0.294. The Hall–Kier alpha value is -0.0800. The highest BCUT2D eigenvalue weighted by Crippen LogP contribution is 1.96. The molecule has 2 N–H and O–H groups in total. The van der Waals surface area contributed by atoms with Crippen molar-refractivity contribution in [2.45, 2.75) is 39.3 Å². The van der Waals surface area contributed by atoms with Crippen molar-refractivity contribution >= 4 is 0 Å². The highest BCUT2D eigenvalue weighted by Gasteiger charge is 1.99. The molecular weight excluding hydrogens is 136 g/mol. The maximum atomic E-state index is 7.97. The van der Waals surface area contributed by atoms with E-state index in [9.17, 15) is 0 Å². The lowest BCUT2D eigenvalue weighted by atomic mass is 10.2. The average molecular weight is 178 g/mol. The smallest absolute Gasteiger partial charge is 0.0460 e. The zero-order valence-electron chi connectivity index (χ0n) is 25.5. The molecule has 2 nitrogen and oxygen atoms in total. The van der Waals surface area contributed by atoms with Gasteiger partial charge >= 0.3 is 0 Å². The second kappa shape index (κ2) is 6.62. The van der Waals surface area contributed by atoms with Crippen LogP contribution in [0.3, 0.4) is 0 Å². The van der Waals surface area contributed by atoms with Crippen molar-refractivity contribution in [3.05, 3.63) is 0 Å². The lowest BCUT2D eigenvalue weighted by Gasteiger charge is -2.17. The second-order valence-corrected chi connectivity index (χ2v) is 1.33. The number of hydrogen-bond acceptors (Lipinski definition) is 2. The Morgan fingerprint density at radius 1 is 1.64 bits per heavy atom. The van der Waals surface area contributed by atoms with Gasteiger partial charge in [0, 0.05) is 33.4 Å². The Balaban J connectivity index is 7.29. The molecule has 0 saturated carbocycles. The van der Waals surface area contributed by atoms with Gasteiger partial charge in [0.05, 0.1) is 0 Å². The van der Waals surface area contributed by atoms with Crippen LogP contribution in [-0.4, -0.2) is 30.4 Å². The van der Waals surface area contributed by atoms with Crippen molar-refractivity contribution in [1.29, 1.82) is 0 Å². The van der Waals surface area contributed by atoms with Crippen LogP contribution < -0.4 is 5.73 Å². The van der Waals surface area contributed by atoms with Gasteiger partial charge in [-0.25, -0.2) is 0 Å². The van der Waals surface area contributed by atoms with Crippen LogP contribution in [0.25, 0.3) is 0 Å². The van der Waals surface area contributed by atoms with Crippen molar-refractivity contribution in [2.24, 2.45) is 5.73 Å². The average Bonchev–Trinajstić information content (AvgIpc) is 2.41. The molecule has 68 valence electrons. The summed E-state index contributed by atoms with van der Waals surface area (Å²) in [4.78, 5) is -1.15. The molecule has 0 rings (SSSR count). The highest BCUT2D eigenvalue weighted by atomic mass is 15.1. The third kappa shape index (κ3) is 6.32. The van der Waals surface area contributed by atoms with Crippen LogP contribution in [0.2, 0.25) is 0 Å². The van der Waals surface area contributed by atoms with Gasteiger partial charge in [0.1, 0.15) is 0 Å². The minimum Gasteiger partial charge on any atom is -0.328 e. The Morgan fingerprint density at radius 3 is 2.91 bits per heavy atom. The zero-order chi connectivity index (χ0) is 26.1. The van der Waals surface area contributed by atoms with E-state index in [-0.39, 0.29) is 0 Å². The molecule has 11 heavy (non-hydrogen) atoms. The molecule has 0 aliphatic rings. The molecule has 0 aliphatic carbocycles. The molecule has 0 spiro atoms. The van der Waals surface area contributed by atoms with Gasteiger partial charge in [-0.1, -0.05) is 13.7 Å². The van der Waals surface area contributed by atoms with Gasteiger partial charge in [0.15, 0.2) is 0 Å². The molecule has 1 atom stereocenters. The third-order valence-corrected chi connectivity index (χ3v) is 0.588. The Bertz CT molecular complexity index is 623. The van der Waals surface area contributed by atoms with E-state index < -0.39 is 63.7 Å². The predicted octanol–water partition coefficient (Wildman–Crippen LogP) is 1.46. The normalized spacial score (nSPS) is 53.6. The van der Waals surface area contributed by atoms with E-state index >= 15 is 0 Å². The van der Waals surface area contributed by atoms with E-state index in [0.29, 0.717) is 0 Å². The Morgan fingerprint density at radius 2 is 2.36 bits per heavy atom. The molecule has 0 amide bonds. The van der Waals surface area contributed by atoms with E-state index in [1.54, 1.807) is 0 Å². The first kappa shape index (κ1) is 1.20. The van der Waals surface area contributed by atoms with E-state index in [4.69, 9.17) is 33.1 Å². The molecular formula is C9H22N2. The minimum atomic E-state index is -4.52. The maximum Gasteiger partial charge on any atom is 0.0460 e. The fourth-order valence-electron chi connectivity index (χ4n) is 0.235. The Labute approximate surface area is 98.9 Å². The van der Waals surface area contributed by atoms with Crippen LogP contribution in [-0.2, 0) is 0 Å². The quantitative estimate of drug-likeness (QED) is 0.667. The summed E-state index contributed by atoms with van der Waals surface area (Å²) < 4.78 is 151. The molecule has 1 unspecified atom stereocenters. The first-order valence-electron chi connectivity index (χ1n) is 12.5. The molecule has 0 aromatic rings. The summed E-state index contributed by atoms with van der Waals surface area (Å²) in [6.07, 6.45) is -8.73. The number of rotatable bonds is 6. The Kier molecular flexibility index (Phi) is 0.722. The largest absolute Gasteiger partial charge is 0.328 e. The van der Waals surface area contributed by atoms with Gasteiger partial charge in [0.2, 0.25) is 0 Å². The summed E-state index contributed by atoms with van der Waals surface area (Å²) in [5.41, 5.74) is 5.14. The SMILES string of the molecule is [2H]C([2H])([2H])C([2H])([2H])N(C([2H])([2H])C([2H])([2H])[2H])C([2H])([2H])C([2H])([2H])C([2H])([2H])C([2H])(N)C([2H])([2H])[2H]. The monoisotopic (exact) mass is 178 g/mol. The topological polar surface area (TPSA) is 29.3 Å². The molecule has 0 radical (unpaired) electrons. The van der Waals surface area contributed by atoms with Crippen LogP contribution in [0, 0.1) is 0 Å². The minimum absolute atomic E-state index is 1.15. The lowest BCUT2D eigenvalue weighted by Crippen LogP contribution is -2.25. The van der Waals surface area contributed by atoms with Gasteiger partial charge in [0.25, 0.3) is 0 Å². The van der Waals surface area contributed by atoms with Crippen LogP contribution in [0.5, 0.6) is 0 Å². The van der Waals surface area contributed by atoms with Gasteiger partial charge < -0.3 is 10.6 Å². The fourth-order valence-corrected chi connectivity index (χ4v) is 0.235. The molecule has 0 aliphatic heterocycles. The van der Waals surface area contributed by atoms with Gasteiger partial charge in [-0.3, -0.25) is 0 Å². The van der Waals surface area contributed by atoms with Crippen LogP contribution in [0.1, 0.15) is 60.7 Å². The first-order chi connectivity index (χ1) is 12.9. The van der Waals surface area contributed by atoms with Crippen LogP contribution in [0.15, 0.2) is 0 Å². The van der Waals surface area contributed by atoms with Crippen molar-refractivity contribution in [3.63, 3.8) is 0 Å². The fraction of sp³-hybridized carbons (Fsp3) is 1.00. The summed E-state index contributed by atoms with van der Waals surface area (Å²) in [6, 6.07) is -3.91. The van der Waals surface area contributed by atoms with Crippen LogP contribution >= 0.6 is 0 Å². The highest BCUT2D eigenvalue weighted by molar-refractivity contribution is 4.57. The number of hydrogen-bond donors (Lipinski definition) is 1. The van der Waals surface area contributed by atoms with Gasteiger partial charge in [-0.2, -0.15) is 0 Å². The van der Waals surface area contributed by atoms with Gasteiger partial charge in [-0.05, 0) is 39.1 Å².